The number of hydrogen-bond acceptors (Lipinski definition) is 14. The molecule has 14 heteroatoms. The van der Waals surface area contributed by atoms with Crippen LogP contribution in [0.3, 0.4) is 0 Å². The summed E-state index contributed by atoms with van der Waals surface area (Å²) >= 11 is 0. The van der Waals surface area contributed by atoms with Gasteiger partial charge in [0, 0.05) is 24.0 Å². The summed E-state index contributed by atoms with van der Waals surface area (Å²) in [4.78, 5) is 52.0. The molecular weight excluding hydrogens is 608 g/mol. The Balaban J connectivity index is 1.61. The molecule has 0 radical (unpaired) electrons. The summed E-state index contributed by atoms with van der Waals surface area (Å²) in [5.41, 5.74) is -6.62. The van der Waals surface area contributed by atoms with Crippen molar-refractivity contribution < 1.29 is 68.8 Å². The van der Waals surface area contributed by atoms with E-state index < -0.39 is 92.2 Å². The zero-order chi connectivity index (χ0) is 33.6. The summed E-state index contributed by atoms with van der Waals surface area (Å²) < 4.78 is 21.5. The number of aliphatic hydroxyl groups excluding tert-OH is 4. The Morgan fingerprint density at radius 1 is 0.696 bits per heavy atom. The lowest BCUT2D eigenvalue weighted by atomic mass is 9.73. The topological polar surface area (TPSA) is 227 Å². The van der Waals surface area contributed by atoms with Crippen LogP contribution in [0.4, 0.5) is 0 Å². The Hall–Kier alpha value is -5.08. The lowest BCUT2D eigenvalue weighted by Gasteiger charge is -2.43. The zero-order valence-corrected chi connectivity index (χ0v) is 25.1. The summed E-state index contributed by atoms with van der Waals surface area (Å²) in [6, 6.07) is 2.62. The average molecular weight is 639 g/mol. The minimum Gasteiger partial charge on any atom is -0.506 e. The Morgan fingerprint density at radius 3 is 1.37 bits per heavy atom. The number of phenolic OH excluding ortho intramolecular Hbond substituents is 2. The molecule has 2 saturated carbocycles. The molecule has 14 nitrogen and oxygen atoms in total. The first kappa shape index (κ1) is 30.9. The Morgan fingerprint density at radius 2 is 1.04 bits per heavy atom. The quantitative estimate of drug-likeness (QED) is 0.264. The summed E-state index contributed by atoms with van der Waals surface area (Å²) in [6.07, 6.45) is -3.96. The number of aliphatic hydroxyl groups is 4. The van der Waals surface area contributed by atoms with Gasteiger partial charge in [0.2, 0.25) is 0 Å². The number of fused-ring (bicyclic) bond motifs is 4. The maximum absolute atomic E-state index is 13.1. The van der Waals surface area contributed by atoms with Crippen LogP contribution in [0.1, 0.15) is 47.9 Å². The van der Waals surface area contributed by atoms with Crippen molar-refractivity contribution in [2.24, 2.45) is 0 Å². The number of ether oxygens (including phenoxy) is 4. The molecule has 6 rings (SSSR count). The normalized spacial score (nSPS) is 26.7. The molecule has 0 saturated heterocycles. The van der Waals surface area contributed by atoms with E-state index in [2.05, 4.69) is 0 Å². The maximum atomic E-state index is 13.1. The zero-order valence-electron chi connectivity index (χ0n) is 25.1. The highest BCUT2D eigenvalue weighted by molar-refractivity contribution is 6.14. The van der Waals surface area contributed by atoms with Crippen molar-refractivity contribution >= 4 is 35.0 Å². The first-order valence-corrected chi connectivity index (χ1v) is 14.3. The van der Waals surface area contributed by atoms with Gasteiger partial charge in [-0.2, -0.15) is 0 Å². The van der Waals surface area contributed by atoms with Crippen LogP contribution in [0.5, 0.6) is 23.0 Å². The summed E-state index contributed by atoms with van der Waals surface area (Å²) in [5.74, 6) is -7.35. The predicted molar refractivity (Wildman–Crippen MR) is 155 cm³/mol. The van der Waals surface area contributed by atoms with Gasteiger partial charge in [-0.15, -0.1) is 0 Å². The number of hydrogen-bond donors (Lipinski definition) is 6. The third-order valence-corrected chi connectivity index (χ3v) is 9.17. The smallest absolute Gasteiger partial charge is 0.358 e. The number of rotatable bonds is 3. The number of methoxy groups -OCH3 is 2. The van der Waals surface area contributed by atoms with Crippen LogP contribution < -0.4 is 9.47 Å². The highest BCUT2D eigenvalue weighted by atomic mass is 16.6. The second-order valence-corrected chi connectivity index (χ2v) is 11.6. The molecule has 2 aliphatic heterocycles. The molecule has 2 aromatic rings. The molecule has 2 aliphatic carbocycles. The van der Waals surface area contributed by atoms with E-state index in [1.165, 1.54) is 26.0 Å². The molecule has 4 atom stereocenters. The summed E-state index contributed by atoms with van der Waals surface area (Å²) in [7, 11) is 2.05. The van der Waals surface area contributed by atoms with Gasteiger partial charge in [-0.25, -0.2) is 9.59 Å². The predicted octanol–water partition coefficient (Wildman–Crippen LogP) is 1.98. The van der Waals surface area contributed by atoms with Crippen molar-refractivity contribution in [3.05, 3.63) is 45.5 Å². The summed E-state index contributed by atoms with van der Waals surface area (Å²) in [6.45, 7) is 3.00. The Kier molecular flexibility index (Phi) is 6.87. The minimum atomic E-state index is -2.40. The Bertz CT molecular complexity index is 1720. The first-order chi connectivity index (χ1) is 21.7. The van der Waals surface area contributed by atoms with Gasteiger partial charge in [-0.3, -0.25) is 9.59 Å². The fourth-order valence-electron chi connectivity index (χ4n) is 7.04. The van der Waals surface area contributed by atoms with E-state index in [-0.39, 0.29) is 59.4 Å². The van der Waals surface area contributed by atoms with Gasteiger partial charge < -0.3 is 49.6 Å². The number of carbonyl (C=O) groups is 4. The third-order valence-electron chi connectivity index (χ3n) is 9.17. The Labute approximate surface area is 260 Å². The highest BCUT2D eigenvalue weighted by Gasteiger charge is 2.62. The molecule has 0 amide bonds. The van der Waals surface area contributed by atoms with E-state index in [1.54, 1.807) is 0 Å². The SMILES string of the molecule is COC(=O)C12Oc3cc(C)c(-c4c(C)cc5c(c4O)C(O)=C4C(=O)CCC(O)C4(C(=O)OC)O5)c(O)c3C(O)=C1C(=O)CCC2O. The van der Waals surface area contributed by atoms with Crippen molar-refractivity contribution in [3.8, 4) is 34.1 Å². The molecule has 6 N–H and O–H groups in total. The van der Waals surface area contributed by atoms with Gasteiger partial charge in [0.15, 0.2) is 11.6 Å². The van der Waals surface area contributed by atoms with E-state index >= 15 is 0 Å². The second-order valence-electron chi connectivity index (χ2n) is 11.6. The molecule has 4 unspecified atom stereocenters. The second kappa shape index (κ2) is 10.2. The summed E-state index contributed by atoms with van der Waals surface area (Å²) in [5, 5.41) is 67.9. The van der Waals surface area contributed by atoms with Crippen LogP contribution in [0.15, 0.2) is 23.3 Å². The van der Waals surface area contributed by atoms with E-state index in [0.717, 1.165) is 14.2 Å². The molecular formula is C32H30O14. The van der Waals surface area contributed by atoms with Crippen molar-refractivity contribution in [1.29, 1.82) is 0 Å². The monoisotopic (exact) mass is 638 g/mol. The number of benzene rings is 2. The third kappa shape index (κ3) is 3.70. The molecule has 2 aromatic carbocycles. The maximum Gasteiger partial charge on any atom is 0.358 e. The number of phenols is 2. The number of esters is 2. The average Bonchev–Trinajstić information content (AvgIpc) is 3.00. The van der Waals surface area contributed by atoms with Crippen LogP contribution in [-0.4, -0.2) is 91.8 Å². The van der Waals surface area contributed by atoms with Gasteiger partial charge in [-0.1, -0.05) is 0 Å². The highest BCUT2D eigenvalue weighted by Crippen LogP contribution is 2.57. The van der Waals surface area contributed by atoms with Crippen LogP contribution in [0.2, 0.25) is 0 Å². The number of Topliss-reactive ketones (excluding diaryl/α,β-unsaturated/α-hetero) is 2. The van der Waals surface area contributed by atoms with Crippen molar-refractivity contribution in [2.45, 2.75) is 62.9 Å². The van der Waals surface area contributed by atoms with E-state index in [9.17, 15) is 49.8 Å². The van der Waals surface area contributed by atoms with Gasteiger partial charge >= 0.3 is 11.9 Å². The van der Waals surface area contributed by atoms with Crippen molar-refractivity contribution in [3.63, 3.8) is 0 Å². The van der Waals surface area contributed by atoms with Crippen LogP contribution in [-0.2, 0) is 28.7 Å². The first-order valence-electron chi connectivity index (χ1n) is 14.3. The molecule has 242 valence electrons. The van der Waals surface area contributed by atoms with Gasteiger partial charge in [0.25, 0.3) is 11.2 Å². The number of carbonyl (C=O) groups excluding carboxylic acids is 4. The lowest BCUT2D eigenvalue weighted by molar-refractivity contribution is -0.170. The van der Waals surface area contributed by atoms with E-state index in [1.807, 2.05) is 0 Å². The van der Waals surface area contributed by atoms with Crippen LogP contribution in [0.25, 0.3) is 22.6 Å². The number of aromatic hydroxyl groups is 2. The molecule has 2 heterocycles. The lowest BCUT2D eigenvalue weighted by Crippen LogP contribution is -2.61. The fourth-order valence-corrected chi connectivity index (χ4v) is 7.04. The fraction of sp³-hybridized carbons (Fsp3) is 0.375. The van der Waals surface area contributed by atoms with Crippen LogP contribution in [0, 0.1) is 13.8 Å². The molecule has 0 bridgehead atoms. The van der Waals surface area contributed by atoms with Gasteiger partial charge in [0.1, 0.15) is 57.9 Å². The van der Waals surface area contributed by atoms with E-state index in [4.69, 9.17) is 18.9 Å². The van der Waals surface area contributed by atoms with Gasteiger partial charge in [-0.05, 0) is 49.9 Å². The van der Waals surface area contributed by atoms with E-state index in [0.29, 0.717) is 0 Å². The van der Waals surface area contributed by atoms with Crippen LogP contribution >= 0.6 is 0 Å². The molecule has 4 aliphatic rings. The standard InChI is InChI=1S/C32H30O14/c1-11-9-15-21(27(39)23-13(33)5-7-17(35)31(23,45-15)29(41)43-3)25(37)19(11)20-12(2)10-16-22(26(20)38)28(40)24-14(34)6-8-18(36)32(24,46-16)30(42)44-4/h9-10,17-18,35-40H,5-8H2,1-4H3. The molecule has 2 fully saturated rings. The number of ketones is 2. The van der Waals surface area contributed by atoms with Crippen molar-refractivity contribution in [1.82, 2.24) is 0 Å². The largest absolute Gasteiger partial charge is 0.506 e. The number of aryl methyl sites for hydroxylation is 2. The molecule has 0 aromatic heterocycles. The molecule has 0 spiro atoms. The van der Waals surface area contributed by atoms with Gasteiger partial charge in [0.05, 0.1) is 25.4 Å². The van der Waals surface area contributed by atoms with Crippen molar-refractivity contribution in [2.75, 3.05) is 14.2 Å². The molecule has 46 heavy (non-hydrogen) atoms. The minimum absolute atomic E-state index is 0.0979.